The highest BCUT2D eigenvalue weighted by Gasteiger charge is 2.29. The Hall–Kier alpha value is -0.790. The lowest BCUT2D eigenvalue weighted by Gasteiger charge is -2.29. The minimum atomic E-state index is -0.446. The Balaban J connectivity index is 2.13. The average molecular weight is 377 g/mol. The highest BCUT2D eigenvalue weighted by molar-refractivity contribution is 14.1. The molecule has 0 bridgehead atoms. The summed E-state index contributed by atoms with van der Waals surface area (Å²) >= 11 is 2.30. The van der Waals surface area contributed by atoms with Gasteiger partial charge in [-0.15, -0.1) is 0 Å². The third-order valence-corrected chi connectivity index (χ3v) is 4.19. The zero-order chi connectivity index (χ0) is 14.2. The Bertz CT molecular complexity index is 491. The van der Waals surface area contributed by atoms with Crippen molar-refractivity contribution in [1.82, 2.24) is 14.7 Å². The van der Waals surface area contributed by atoms with Gasteiger partial charge in [-0.05, 0) is 50.3 Å². The third kappa shape index (κ3) is 3.21. The monoisotopic (exact) mass is 377 g/mol. The molecule has 0 saturated carbocycles. The van der Waals surface area contributed by atoms with Crippen molar-refractivity contribution in [2.45, 2.75) is 52.8 Å². The highest BCUT2D eigenvalue weighted by atomic mass is 127. The SMILES string of the molecule is CCn1nc2c(c1I)CN(C(=O)OC(C)(C)C)CC2. The Morgan fingerprint density at radius 3 is 2.74 bits per heavy atom. The van der Waals surface area contributed by atoms with Gasteiger partial charge in [-0.25, -0.2) is 4.79 Å². The number of hydrogen-bond acceptors (Lipinski definition) is 3. The number of aromatic nitrogens is 2. The first-order valence-corrected chi connectivity index (χ1v) is 7.61. The summed E-state index contributed by atoms with van der Waals surface area (Å²) in [6, 6.07) is 0. The zero-order valence-electron chi connectivity index (χ0n) is 11.9. The van der Waals surface area contributed by atoms with Gasteiger partial charge in [0.15, 0.2) is 0 Å². The van der Waals surface area contributed by atoms with E-state index < -0.39 is 5.60 Å². The molecule has 0 N–H and O–H groups in total. The van der Waals surface area contributed by atoms with E-state index in [0.717, 1.165) is 22.4 Å². The van der Waals surface area contributed by atoms with Gasteiger partial charge in [-0.2, -0.15) is 5.10 Å². The highest BCUT2D eigenvalue weighted by Crippen LogP contribution is 2.24. The molecule has 19 heavy (non-hydrogen) atoms. The molecule has 0 aliphatic carbocycles. The van der Waals surface area contributed by atoms with Crippen LogP contribution in [0.3, 0.4) is 0 Å². The normalized spacial score (nSPS) is 15.3. The summed E-state index contributed by atoms with van der Waals surface area (Å²) in [5.41, 5.74) is 1.84. The van der Waals surface area contributed by atoms with E-state index in [4.69, 9.17) is 4.74 Å². The fourth-order valence-corrected chi connectivity index (χ4v) is 3.02. The van der Waals surface area contributed by atoms with Crippen LogP contribution in [0.25, 0.3) is 0 Å². The molecular formula is C13H20IN3O2. The molecule has 0 aromatic carbocycles. The lowest BCUT2D eigenvalue weighted by Crippen LogP contribution is -2.39. The molecule has 0 saturated heterocycles. The number of carbonyl (C=O) groups excluding carboxylic acids is 1. The number of halogens is 1. The Labute approximate surface area is 127 Å². The number of rotatable bonds is 1. The number of fused-ring (bicyclic) bond motifs is 1. The van der Waals surface area contributed by atoms with E-state index in [1.165, 1.54) is 5.56 Å². The summed E-state index contributed by atoms with van der Waals surface area (Å²) in [7, 11) is 0. The summed E-state index contributed by atoms with van der Waals surface area (Å²) < 4.78 is 8.54. The largest absolute Gasteiger partial charge is 0.444 e. The van der Waals surface area contributed by atoms with Crippen LogP contribution in [0.5, 0.6) is 0 Å². The van der Waals surface area contributed by atoms with Crippen molar-refractivity contribution in [2.75, 3.05) is 6.54 Å². The molecule has 0 radical (unpaired) electrons. The number of hydrogen-bond donors (Lipinski definition) is 0. The maximum absolute atomic E-state index is 12.1. The first-order valence-electron chi connectivity index (χ1n) is 6.54. The average Bonchev–Trinajstić information content (AvgIpc) is 2.63. The van der Waals surface area contributed by atoms with Gasteiger partial charge >= 0.3 is 6.09 Å². The number of ether oxygens (including phenoxy) is 1. The van der Waals surface area contributed by atoms with Gasteiger partial charge in [0.2, 0.25) is 0 Å². The van der Waals surface area contributed by atoms with Crippen molar-refractivity contribution < 1.29 is 9.53 Å². The van der Waals surface area contributed by atoms with Crippen LogP contribution in [-0.4, -0.2) is 32.9 Å². The van der Waals surface area contributed by atoms with E-state index in [2.05, 4.69) is 34.6 Å². The molecule has 0 atom stereocenters. The molecule has 2 heterocycles. The second kappa shape index (κ2) is 5.30. The fraction of sp³-hybridized carbons (Fsp3) is 0.692. The molecule has 1 aromatic rings. The molecule has 0 unspecified atom stereocenters. The van der Waals surface area contributed by atoms with Crippen LogP contribution in [-0.2, 0) is 24.2 Å². The van der Waals surface area contributed by atoms with Crippen molar-refractivity contribution in [3.05, 3.63) is 15.0 Å². The quantitative estimate of drug-likeness (QED) is 0.708. The first-order chi connectivity index (χ1) is 8.81. The fourth-order valence-electron chi connectivity index (χ4n) is 2.08. The lowest BCUT2D eigenvalue weighted by atomic mass is 10.1. The molecule has 2 rings (SSSR count). The van der Waals surface area contributed by atoms with Gasteiger partial charge in [0, 0.05) is 25.1 Å². The molecule has 6 heteroatoms. The maximum atomic E-state index is 12.1. The van der Waals surface area contributed by atoms with Crippen LogP contribution in [0.2, 0.25) is 0 Å². The summed E-state index contributed by atoms with van der Waals surface area (Å²) in [6.07, 6.45) is 0.565. The molecule has 0 fully saturated rings. The van der Waals surface area contributed by atoms with Gasteiger partial charge in [0.05, 0.1) is 12.2 Å². The van der Waals surface area contributed by atoms with Gasteiger partial charge in [0.1, 0.15) is 9.30 Å². The molecule has 1 aliphatic rings. The van der Waals surface area contributed by atoms with E-state index in [-0.39, 0.29) is 6.09 Å². The van der Waals surface area contributed by atoms with Crippen molar-refractivity contribution >= 4 is 28.7 Å². The van der Waals surface area contributed by atoms with Crippen molar-refractivity contribution in [3.63, 3.8) is 0 Å². The number of carbonyl (C=O) groups is 1. The standard InChI is InChI=1S/C13H20IN3O2/c1-5-17-11(14)9-8-16(7-6-10(9)15-17)12(18)19-13(2,3)4/h5-8H2,1-4H3. The minimum Gasteiger partial charge on any atom is -0.444 e. The predicted octanol–water partition coefficient (Wildman–Crippen LogP) is 2.80. The number of nitrogens with zero attached hydrogens (tertiary/aromatic N) is 3. The van der Waals surface area contributed by atoms with Crippen LogP contribution < -0.4 is 0 Å². The van der Waals surface area contributed by atoms with Crippen LogP contribution in [0.1, 0.15) is 39.0 Å². The molecule has 1 aliphatic heterocycles. The second-order valence-electron chi connectivity index (χ2n) is 5.68. The minimum absolute atomic E-state index is 0.238. The summed E-state index contributed by atoms with van der Waals surface area (Å²) in [5, 5.41) is 4.57. The predicted molar refractivity (Wildman–Crippen MR) is 81.0 cm³/mol. The smallest absolute Gasteiger partial charge is 0.410 e. The molecule has 1 aromatic heterocycles. The van der Waals surface area contributed by atoms with Crippen molar-refractivity contribution in [3.8, 4) is 0 Å². The Morgan fingerprint density at radius 1 is 1.47 bits per heavy atom. The number of aryl methyl sites for hydroxylation is 1. The topological polar surface area (TPSA) is 47.4 Å². The van der Waals surface area contributed by atoms with Gasteiger partial charge in [-0.3, -0.25) is 4.68 Å². The van der Waals surface area contributed by atoms with E-state index in [9.17, 15) is 4.79 Å². The van der Waals surface area contributed by atoms with E-state index >= 15 is 0 Å². The first kappa shape index (κ1) is 14.6. The Kier molecular flexibility index (Phi) is 4.08. The van der Waals surface area contributed by atoms with E-state index in [1.807, 2.05) is 25.5 Å². The second-order valence-corrected chi connectivity index (χ2v) is 6.71. The van der Waals surface area contributed by atoms with Crippen LogP contribution in [0, 0.1) is 3.70 Å². The van der Waals surface area contributed by atoms with Crippen LogP contribution >= 0.6 is 22.6 Å². The lowest BCUT2D eigenvalue weighted by molar-refractivity contribution is 0.0223. The molecule has 5 nitrogen and oxygen atoms in total. The summed E-state index contributed by atoms with van der Waals surface area (Å²) in [4.78, 5) is 13.8. The van der Waals surface area contributed by atoms with E-state index in [1.54, 1.807) is 4.90 Å². The summed E-state index contributed by atoms with van der Waals surface area (Å²) in [6.45, 7) is 9.88. The van der Waals surface area contributed by atoms with Gasteiger partial charge in [-0.1, -0.05) is 0 Å². The molecule has 0 spiro atoms. The van der Waals surface area contributed by atoms with E-state index in [0.29, 0.717) is 13.1 Å². The third-order valence-electron chi connectivity index (χ3n) is 2.98. The van der Waals surface area contributed by atoms with Crippen molar-refractivity contribution in [2.24, 2.45) is 0 Å². The van der Waals surface area contributed by atoms with Crippen LogP contribution in [0.15, 0.2) is 0 Å². The number of amides is 1. The zero-order valence-corrected chi connectivity index (χ0v) is 14.0. The van der Waals surface area contributed by atoms with Crippen molar-refractivity contribution in [1.29, 1.82) is 0 Å². The Morgan fingerprint density at radius 2 is 2.16 bits per heavy atom. The molecule has 1 amide bonds. The van der Waals surface area contributed by atoms with Gasteiger partial charge in [0.25, 0.3) is 0 Å². The molecular weight excluding hydrogens is 357 g/mol. The maximum Gasteiger partial charge on any atom is 0.410 e. The van der Waals surface area contributed by atoms with Crippen LogP contribution in [0.4, 0.5) is 4.79 Å². The van der Waals surface area contributed by atoms with Gasteiger partial charge < -0.3 is 9.64 Å². The molecule has 106 valence electrons. The summed E-state index contributed by atoms with van der Waals surface area (Å²) in [5.74, 6) is 0.